The second kappa shape index (κ2) is 3.32. The van der Waals surface area contributed by atoms with Crippen molar-refractivity contribution in [1.82, 2.24) is 0 Å². The van der Waals surface area contributed by atoms with E-state index in [1.165, 1.54) is 6.42 Å². The molecule has 19 heavy (non-hydrogen) atoms. The van der Waals surface area contributed by atoms with Gasteiger partial charge in [-0.3, -0.25) is 4.79 Å². The van der Waals surface area contributed by atoms with Crippen molar-refractivity contribution in [3.8, 4) is 0 Å². The first kappa shape index (κ1) is 11.0. The first-order chi connectivity index (χ1) is 9.18. The molecule has 4 fully saturated rings. The number of Topliss-reactive ketones (excluding diaryl/α,β-unsaturated/α-hetero) is 1. The minimum atomic E-state index is -0.763. The number of carbonyl (C=O) groups is 1. The number of allylic oxidation sites excluding steroid dienone is 2. The number of fused-ring (bicyclic) bond motifs is 9. The van der Waals surface area contributed by atoms with E-state index in [2.05, 4.69) is 19.1 Å². The number of hydrogen-bond donors (Lipinski definition) is 1. The summed E-state index contributed by atoms with van der Waals surface area (Å²) in [5.41, 5.74) is 0. The standard InChI is InChI=1S/C16H20O3/c1-6-11-9-5-10(8-4-2-3-7(8)9)12(11)13(17)14(18)16-15(6)19-16/h2-3,6-13,15-17H,4-5H2,1H3/t6-,7-,8+,9-,10-,11+,12-,13-,15+,16-/m1/s1. The zero-order valence-corrected chi connectivity index (χ0v) is 11.1. The van der Waals surface area contributed by atoms with Crippen molar-refractivity contribution in [3.05, 3.63) is 12.2 Å². The van der Waals surface area contributed by atoms with Crippen molar-refractivity contribution >= 4 is 5.78 Å². The van der Waals surface area contributed by atoms with Crippen molar-refractivity contribution in [3.63, 3.8) is 0 Å². The first-order valence-corrected chi connectivity index (χ1v) is 7.72. The fraction of sp³-hybridized carbons (Fsp3) is 0.812. The quantitative estimate of drug-likeness (QED) is 0.529. The van der Waals surface area contributed by atoms with E-state index in [0.717, 1.165) is 6.42 Å². The van der Waals surface area contributed by atoms with Gasteiger partial charge in [-0.05, 0) is 54.3 Å². The molecule has 0 radical (unpaired) electrons. The van der Waals surface area contributed by atoms with Crippen LogP contribution in [0.3, 0.4) is 0 Å². The predicted molar refractivity (Wildman–Crippen MR) is 68.2 cm³/mol. The molecule has 1 saturated heterocycles. The minimum absolute atomic E-state index is 0.0283. The molecule has 5 rings (SSSR count). The van der Waals surface area contributed by atoms with Crippen molar-refractivity contribution in [2.24, 2.45) is 41.4 Å². The monoisotopic (exact) mass is 260 g/mol. The highest BCUT2D eigenvalue weighted by molar-refractivity contribution is 5.90. The third kappa shape index (κ3) is 1.16. The van der Waals surface area contributed by atoms with Crippen LogP contribution in [-0.2, 0) is 9.53 Å². The molecule has 1 aliphatic heterocycles. The summed E-state index contributed by atoms with van der Waals surface area (Å²) in [5, 5.41) is 10.5. The van der Waals surface area contributed by atoms with Crippen LogP contribution in [0, 0.1) is 41.4 Å². The number of hydrogen-bond acceptors (Lipinski definition) is 3. The number of carbonyl (C=O) groups excluding carboxylic acids is 1. The van der Waals surface area contributed by atoms with Crippen molar-refractivity contribution in [2.45, 2.75) is 38.1 Å². The van der Waals surface area contributed by atoms with E-state index in [1.807, 2.05) is 0 Å². The summed E-state index contributed by atoms with van der Waals surface area (Å²) in [4.78, 5) is 12.3. The van der Waals surface area contributed by atoms with Crippen molar-refractivity contribution in [1.29, 1.82) is 0 Å². The molecule has 102 valence electrons. The predicted octanol–water partition coefficient (Wildman–Crippen LogP) is 1.41. The molecule has 0 aromatic rings. The number of ketones is 1. The van der Waals surface area contributed by atoms with Gasteiger partial charge in [0.25, 0.3) is 0 Å². The van der Waals surface area contributed by atoms with Crippen LogP contribution in [-0.4, -0.2) is 29.2 Å². The van der Waals surface area contributed by atoms with Crippen LogP contribution < -0.4 is 0 Å². The molecule has 1 heterocycles. The molecule has 0 amide bonds. The average molecular weight is 260 g/mol. The van der Waals surface area contributed by atoms with E-state index >= 15 is 0 Å². The highest BCUT2D eigenvalue weighted by Gasteiger charge is 2.67. The maximum atomic E-state index is 12.3. The summed E-state index contributed by atoms with van der Waals surface area (Å²) in [6.45, 7) is 2.24. The van der Waals surface area contributed by atoms with E-state index in [1.54, 1.807) is 0 Å². The Labute approximate surface area is 113 Å². The van der Waals surface area contributed by atoms with E-state index in [-0.39, 0.29) is 23.9 Å². The van der Waals surface area contributed by atoms with Gasteiger partial charge in [0.1, 0.15) is 12.2 Å². The molecule has 0 aromatic heterocycles. The first-order valence-electron chi connectivity index (χ1n) is 7.72. The molecule has 0 unspecified atom stereocenters. The van der Waals surface area contributed by atoms with Gasteiger partial charge in [0, 0.05) is 0 Å². The molecule has 2 bridgehead atoms. The zero-order valence-electron chi connectivity index (χ0n) is 11.1. The van der Waals surface area contributed by atoms with Gasteiger partial charge in [-0.2, -0.15) is 0 Å². The highest BCUT2D eigenvalue weighted by atomic mass is 16.6. The van der Waals surface area contributed by atoms with Crippen LogP contribution in [0.15, 0.2) is 12.2 Å². The van der Waals surface area contributed by atoms with Gasteiger partial charge in [-0.25, -0.2) is 0 Å². The fourth-order valence-corrected chi connectivity index (χ4v) is 6.20. The lowest BCUT2D eigenvalue weighted by Crippen LogP contribution is -2.44. The number of epoxide rings is 1. The number of rotatable bonds is 0. The van der Waals surface area contributed by atoms with Gasteiger partial charge >= 0.3 is 0 Å². The normalized spacial score (nSPS) is 64.6. The number of ether oxygens (including phenoxy) is 1. The molecule has 3 nitrogen and oxygen atoms in total. The molecule has 0 aromatic carbocycles. The topological polar surface area (TPSA) is 49.8 Å². The Hall–Kier alpha value is -0.670. The smallest absolute Gasteiger partial charge is 0.192 e. The summed E-state index contributed by atoms with van der Waals surface area (Å²) < 4.78 is 5.55. The molecule has 10 atom stereocenters. The van der Waals surface area contributed by atoms with Crippen LogP contribution in [0.25, 0.3) is 0 Å². The van der Waals surface area contributed by atoms with Gasteiger partial charge in [0.15, 0.2) is 5.78 Å². The van der Waals surface area contributed by atoms with Crippen molar-refractivity contribution < 1.29 is 14.6 Å². The Morgan fingerprint density at radius 3 is 2.95 bits per heavy atom. The van der Waals surface area contributed by atoms with E-state index in [9.17, 15) is 9.90 Å². The SMILES string of the molecule is C[C@H]1[C@@H]2O[C@@H]2C(=O)[C@H](O)[C@@H]2[C@@H]3C[C@H]([C@@H]4C=CC[C@@H]43)[C@H]12. The average Bonchev–Trinajstić information content (AvgIpc) is 2.79. The third-order valence-corrected chi connectivity index (χ3v) is 6.87. The van der Waals surface area contributed by atoms with E-state index in [4.69, 9.17) is 4.74 Å². The molecule has 3 heteroatoms. The summed E-state index contributed by atoms with van der Waals surface area (Å²) in [7, 11) is 0. The Kier molecular flexibility index (Phi) is 1.93. The number of aliphatic hydroxyl groups excluding tert-OH is 1. The Bertz CT molecular complexity index is 484. The fourth-order valence-electron chi connectivity index (χ4n) is 6.20. The summed E-state index contributed by atoms with van der Waals surface area (Å²) in [6, 6.07) is 0. The Balaban J connectivity index is 1.59. The second-order valence-corrected chi connectivity index (χ2v) is 7.35. The second-order valence-electron chi connectivity index (χ2n) is 7.35. The van der Waals surface area contributed by atoms with Crippen LogP contribution in [0.2, 0.25) is 0 Å². The highest BCUT2D eigenvalue weighted by Crippen LogP contribution is 2.66. The lowest BCUT2D eigenvalue weighted by atomic mass is 9.64. The summed E-state index contributed by atoms with van der Waals surface area (Å²) in [5.74, 6) is 3.77. The van der Waals surface area contributed by atoms with E-state index < -0.39 is 6.10 Å². The van der Waals surface area contributed by atoms with Crippen LogP contribution in [0.1, 0.15) is 19.8 Å². The van der Waals surface area contributed by atoms with Crippen molar-refractivity contribution in [2.75, 3.05) is 0 Å². The van der Waals surface area contributed by atoms with Gasteiger partial charge in [0.2, 0.25) is 0 Å². The van der Waals surface area contributed by atoms with E-state index in [0.29, 0.717) is 35.5 Å². The lowest BCUT2D eigenvalue weighted by Gasteiger charge is -2.41. The van der Waals surface area contributed by atoms with Gasteiger partial charge < -0.3 is 9.84 Å². The Morgan fingerprint density at radius 1 is 1.26 bits per heavy atom. The number of aliphatic hydroxyl groups is 1. The molecule has 0 spiro atoms. The van der Waals surface area contributed by atoms with Crippen LogP contribution in [0.5, 0.6) is 0 Å². The van der Waals surface area contributed by atoms with Gasteiger partial charge in [-0.15, -0.1) is 0 Å². The largest absolute Gasteiger partial charge is 0.385 e. The molecular formula is C16H20O3. The third-order valence-electron chi connectivity index (χ3n) is 6.87. The van der Waals surface area contributed by atoms with Gasteiger partial charge in [0.05, 0.1) is 6.10 Å². The van der Waals surface area contributed by atoms with Gasteiger partial charge in [-0.1, -0.05) is 19.1 Å². The maximum absolute atomic E-state index is 12.3. The molecule has 1 N–H and O–H groups in total. The van der Waals surface area contributed by atoms with Crippen LogP contribution in [0.4, 0.5) is 0 Å². The Morgan fingerprint density at radius 2 is 2.11 bits per heavy atom. The summed E-state index contributed by atoms with van der Waals surface area (Å²) in [6.07, 6.45) is 6.15. The summed E-state index contributed by atoms with van der Waals surface area (Å²) >= 11 is 0. The molecule has 3 saturated carbocycles. The minimum Gasteiger partial charge on any atom is -0.385 e. The molecule has 4 aliphatic carbocycles. The lowest BCUT2D eigenvalue weighted by molar-refractivity contribution is -0.135. The maximum Gasteiger partial charge on any atom is 0.192 e. The zero-order chi connectivity index (χ0) is 12.9. The van der Waals surface area contributed by atoms with Crippen LogP contribution >= 0.6 is 0 Å². The molecule has 5 aliphatic rings. The molecular weight excluding hydrogens is 240 g/mol.